The van der Waals surface area contributed by atoms with Gasteiger partial charge in [0.05, 0.1) is 0 Å². The molecule has 0 aliphatic heterocycles. The summed E-state index contributed by atoms with van der Waals surface area (Å²) < 4.78 is 26.3. The number of hydrogen-bond donors (Lipinski definition) is 1. The van der Waals surface area contributed by atoms with Crippen LogP contribution in [0.3, 0.4) is 0 Å². The van der Waals surface area contributed by atoms with E-state index in [2.05, 4.69) is 17.2 Å². The molecule has 1 nitrogen and oxygen atoms in total. The van der Waals surface area contributed by atoms with Crippen molar-refractivity contribution in [3.8, 4) is 11.8 Å². The molecule has 1 aromatic carbocycles. The Hall–Kier alpha value is -1.40. The summed E-state index contributed by atoms with van der Waals surface area (Å²) in [5, 5.41) is 3.09. The molecule has 0 radical (unpaired) electrons. The van der Waals surface area contributed by atoms with Gasteiger partial charge in [0.2, 0.25) is 0 Å². The molecule has 16 heavy (non-hydrogen) atoms. The van der Waals surface area contributed by atoms with Gasteiger partial charge in [0.1, 0.15) is 0 Å². The van der Waals surface area contributed by atoms with Crippen molar-refractivity contribution in [2.75, 3.05) is 6.54 Å². The Labute approximate surface area is 94.9 Å². The largest absolute Gasteiger partial charge is 0.309 e. The predicted molar refractivity (Wildman–Crippen MR) is 60.8 cm³/mol. The lowest BCUT2D eigenvalue weighted by atomic mass is 10.1. The molecule has 0 saturated heterocycles. The van der Waals surface area contributed by atoms with Crippen LogP contribution in [0.4, 0.5) is 8.78 Å². The van der Waals surface area contributed by atoms with E-state index in [0.717, 1.165) is 6.07 Å². The van der Waals surface area contributed by atoms with Gasteiger partial charge >= 0.3 is 0 Å². The molecular formula is C13H15F2N. The van der Waals surface area contributed by atoms with Gasteiger partial charge < -0.3 is 5.32 Å². The first kappa shape index (κ1) is 12.7. The van der Waals surface area contributed by atoms with Crippen molar-refractivity contribution in [3.63, 3.8) is 0 Å². The van der Waals surface area contributed by atoms with Crippen LogP contribution in [0, 0.1) is 23.5 Å². The minimum Gasteiger partial charge on any atom is -0.309 e. The summed E-state index contributed by atoms with van der Waals surface area (Å²) >= 11 is 0. The third kappa shape index (κ3) is 3.32. The lowest BCUT2D eigenvalue weighted by molar-refractivity contribution is 0.475. The minimum atomic E-state index is -0.806. The monoisotopic (exact) mass is 223 g/mol. The Morgan fingerprint density at radius 2 is 2.12 bits per heavy atom. The molecule has 1 N–H and O–H groups in total. The zero-order chi connectivity index (χ0) is 12.0. The standard InChI is InChI=1S/C13H15F2N/c1-3-4-5-9-16-10(2)11-7-6-8-12(14)13(11)15/h6-8,10,16H,5,9H2,1-2H3. The van der Waals surface area contributed by atoms with Crippen LogP contribution in [0.5, 0.6) is 0 Å². The second-order valence-corrected chi connectivity index (χ2v) is 3.50. The van der Waals surface area contributed by atoms with Crippen LogP contribution in [-0.4, -0.2) is 6.54 Å². The van der Waals surface area contributed by atoms with Crippen LogP contribution in [0.2, 0.25) is 0 Å². The lowest BCUT2D eigenvalue weighted by Gasteiger charge is -2.14. The number of hydrogen-bond acceptors (Lipinski definition) is 1. The van der Waals surface area contributed by atoms with Crippen molar-refractivity contribution in [3.05, 3.63) is 35.4 Å². The van der Waals surface area contributed by atoms with Gasteiger partial charge in [-0.25, -0.2) is 8.78 Å². The number of benzene rings is 1. The zero-order valence-electron chi connectivity index (χ0n) is 9.48. The Morgan fingerprint density at radius 1 is 1.38 bits per heavy atom. The molecule has 0 aliphatic rings. The summed E-state index contributed by atoms with van der Waals surface area (Å²) in [7, 11) is 0. The fourth-order valence-electron chi connectivity index (χ4n) is 1.44. The summed E-state index contributed by atoms with van der Waals surface area (Å²) in [5.74, 6) is 4.10. The highest BCUT2D eigenvalue weighted by molar-refractivity contribution is 5.21. The van der Waals surface area contributed by atoms with Crippen molar-refractivity contribution in [2.45, 2.75) is 26.3 Å². The van der Waals surface area contributed by atoms with Gasteiger partial charge in [0, 0.05) is 24.6 Å². The van der Waals surface area contributed by atoms with E-state index in [1.165, 1.54) is 6.07 Å². The maximum absolute atomic E-state index is 13.4. The molecule has 3 heteroatoms. The summed E-state index contributed by atoms with van der Waals surface area (Å²) in [4.78, 5) is 0. The van der Waals surface area contributed by atoms with Gasteiger partial charge in [-0.15, -0.1) is 11.8 Å². The molecule has 1 atom stereocenters. The van der Waals surface area contributed by atoms with Crippen LogP contribution < -0.4 is 5.32 Å². The van der Waals surface area contributed by atoms with Crippen molar-refractivity contribution in [2.24, 2.45) is 0 Å². The molecule has 0 spiro atoms. The van der Waals surface area contributed by atoms with Gasteiger partial charge in [-0.3, -0.25) is 0 Å². The van der Waals surface area contributed by atoms with Crippen LogP contribution in [0.25, 0.3) is 0 Å². The maximum Gasteiger partial charge on any atom is 0.163 e. The van der Waals surface area contributed by atoms with Crippen LogP contribution in [0.15, 0.2) is 18.2 Å². The van der Waals surface area contributed by atoms with Crippen LogP contribution in [-0.2, 0) is 0 Å². The van der Waals surface area contributed by atoms with E-state index in [1.54, 1.807) is 19.9 Å². The average Bonchev–Trinajstić information content (AvgIpc) is 2.28. The topological polar surface area (TPSA) is 12.0 Å². The van der Waals surface area contributed by atoms with E-state index in [9.17, 15) is 8.78 Å². The first-order valence-corrected chi connectivity index (χ1v) is 5.23. The summed E-state index contributed by atoms with van der Waals surface area (Å²) in [6.45, 7) is 4.24. The Bertz CT molecular complexity index is 404. The molecule has 0 amide bonds. The van der Waals surface area contributed by atoms with E-state index in [0.29, 0.717) is 18.5 Å². The lowest BCUT2D eigenvalue weighted by Crippen LogP contribution is -2.20. The molecule has 0 aliphatic carbocycles. The molecule has 0 heterocycles. The first-order valence-electron chi connectivity index (χ1n) is 5.23. The van der Waals surface area contributed by atoms with Gasteiger partial charge in [0.25, 0.3) is 0 Å². The SMILES string of the molecule is CC#CCCNC(C)c1cccc(F)c1F. The molecule has 1 unspecified atom stereocenters. The van der Waals surface area contributed by atoms with E-state index >= 15 is 0 Å². The zero-order valence-corrected chi connectivity index (χ0v) is 9.48. The Balaban J connectivity index is 2.61. The highest BCUT2D eigenvalue weighted by atomic mass is 19.2. The summed E-state index contributed by atoms with van der Waals surface area (Å²) in [6.07, 6.45) is 0.706. The summed E-state index contributed by atoms with van der Waals surface area (Å²) in [6, 6.07) is 4.00. The number of halogens is 2. The highest BCUT2D eigenvalue weighted by Crippen LogP contribution is 2.18. The molecule has 0 aromatic heterocycles. The van der Waals surface area contributed by atoms with Crippen molar-refractivity contribution in [1.29, 1.82) is 0 Å². The van der Waals surface area contributed by atoms with E-state index in [1.807, 2.05) is 0 Å². The molecule has 0 fully saturated rings. The van der Waals surface area contributed by atoms with E-state index in [-0.39, 0.29) is 6.04 Å². The third-order valence-corrected chi connectivity index (χ3v) is 2.33. The van der Waals surface area contributed by atoms with Crippen LogP contribution in [0.1, 0.15) is 31.9 Å². The fraction of sp³-hybridized carbons (Fsp3) is 0.385. The quantitative estimate of drug-likeness (QED) is 0.611. The molecule has 86 valence electrons. The first-order chi connectivity index (χ1) is 7.66. The molecule has 1 rings (SSSR count). The van der Waals surface area contributed by atoms with E-state index in [4.69, 9.17) is 0 Å². The average molecular weight is 223 g/mol. The van der Waals surface area contributed by atoms with Crippen molar-refractivity contribution >= 4 is 0 Å². The second kappa shape index (κ2) is 6.24. The predicted octanol–water partition coefficient (Wildman–Crippen LogP) is 3.03. The number of nitrogens with one attached hydrogen (secondary N) is 1. The fourth-order valence-corrected chi connectivity index (χ4v) is 1.44. The highest BCUT2D eigenvalue weighted by Gasteiger charge is 2.12. The van der Waals surface area contributed by atoms with Gasteiger partial charge in [-0.2, -0.15) is 0 Å². The Kier molecular flexibility index (Phi) is 4.94. The summed E-state index contributed by atoms with van der Waals surface area (Å²) in [5.41, 5.74) is 0.351. The smallest absolute Gasteiger partial charge is 0.163 e. The van der Waals surface area contributed by atoms with Gasteiger partial charge in [-0.1, -0.05) is 12.1 Å². The van der Waals surface area contributed by atoms with Gasteiger partial charge in [0.15, 0.2) is 11.6 Å². The number of rotatable bonds is 4. The molecule has 1 aromatic rings. The normalized spacial score (nSPS) is 11.8. The minimum absolute atomic E-state index is 0.214. The molecule has 0 saturated carbocycles. The van der Waals surface area contributed by atoms with Crippen molar-refractivity contribution in [1.82, 2.24) is 5.32 Å². The second-order valence-electron chi connectivity index (χ2n) is 3.50. The van der Waals surface area contributed by atoms with Crippen LogP contribution >= 0.6 is 0 Å². The van der Waals surface area contributed by atoms with E-state index < -0.39 is 11.6 Å². The Morgan fingerprint density at radius 3 is 2.81 bits per heavy atom. The molecular weight excluding hydrogens is 208 g/mol. The third-order valence-electron chi connectivity index (χ3n) is 2.33. The van der Waals surface area contributed by atoms with Crippen molar-refractivity contribution < 1.29 is 8.78 Å². The van der Waals surface area contributed by atoms with Gasteiger partial charge in [-0.05, 0) is 19.9 Å². The maximum atomic E-state index is 13.4. The molecule has 0 bridgehead atoms.